The minimum Gasteiger partial charge on any atom is -0.314 e. The van der Waals surface area contributed by atoms with Gasteiger partial charge in [0.25, 0.3) is 0 Å². The van der Waals surface area contributed by atoms with E-state index in [4.69, 9.17) is 0 Å². The minimum atomic E-state index is 0.651. The molecule has 0 aliphatic rings. The van der Waals surface area contributed by atoms with E-state index in [-0.39, 0.29) is 0 Å². The van der Waals surface area contributed by atoms with Crippen LogP contribution < -0.4 is 5.32 Å². The van der Waals surface area contributed by atoms with Gasteiger partial charge in [-0.15, -0.1) is 11.8 Å². The highest BCUT2D eigenvalue weighted by atomic mass is 79.9. The van der Waals surface area contributed by atoms with Crippen LogP contribution in [0.5, 0.6) is 0 Å². The second-order valence-corrected chi connectivity index (χ2v) is 6.39. The van der Waals surface area contributed by atoms with Crippen molar-refractivity contribution in [3.05, 3.63) is 28.7 Å². The summed E-state index contributed by atoms with van der Waals surface area (Å²) in [7, 11) is 0. The maximum Gasteiger partial charge on any atom is 0.0186 e. The molecule has 1 N–H and O–H groups in total. The Bertz CT molecular complexity index is 317. The molecule has 1 atom stereocenters. The molecule has 0 fully saturated rings. The third kappa shape index (κ3) is 7.12. The Labute approximate surface area is 118 Å². The SMILES string of the molecule is CCCNC(C)CCCSc1cccc(Br)c1. The lowest BCUT2D eigenvalue weighted by Gasteiger charge is -2.12. The first-order valence-electron chi connectivity index (χ1n) is 6.34. The lowest BCUT2D eigenvalue weighted by molar-refractivity contribution is 0.510. The van der Waals surface area contributed by atoms with Gasteiger partial charge in [0.2, 0.25) is 0 Å². The Kier molecular flexibility index (Phi) is 7.99. The van der Waals surface area contributed by atoms with Crippen LogP contribution in [0.15, 0.2) is 33.6 Å². The fraction of sp³-hybridized carbons (Fsp3) is 0.571. The Morgan fingerprint density at radius 2 is 2.24 bits per heavy atom. The molecule has 0 amide bonds. The van der Waals surface area contributed by atoms with Gasteiger partial charge in [0.1, 0.15) is 0 Å². The van der Waals surface area contributed by atoms with Gasteiger partial charge in [0.05, 0.1) is 0 Å². The smallest absolute Gasteiger partial charge is 0.0186 e. The van der Waals surface area contributed by atoms with Crippen LogP contribution in [0.1, 0.15) is 33.1 Å². The van der Waals surface area contributed by atoms with Crippen molar-refractivity contribution < 1.29 is 0 Å². The Balaban J connectivity index is 2.11. The van der Waals surface area contributed by atoms with Crippen molar-refractivity contribution in [2.24, 2.45) is 0 Å². The first-order chi connectivity index (χ1) is 8.22. The van der Waals surface area contributed by atoms with Crippen LogP contribution in [-0.4, -0.2) is 18.3 Å². The molecule has 3 heteroatoms. The van der Waals surface area contributed by atoms with Crippen molar-refractivity contribution in [3.8, 4) is 0 Å². The number of rotatable bonds is 8. The molecule has 0 spiro atoms. The van der Waals surface area contributed by atoms with Crippen LogP contribution >= 0.6 is 27.7 Å². The fourth-order valence-electron chi connectivity index (χ4n) is 1.63. The van der Waals surface area contributed by atoms with E-state index < -0.39 is 0 Å². The zero-order chi connectivity index (χ0) is 12.5. The molecule has 1 aromatic rings. The molecule has 0 heterocycles. The summed E-state index contributed by atoms with van der Waals surface area (Å²) in [6.07, 6.45) is 3.76. The molecule has 0 aliphatic heterocycles. The van der Waals surface area contributed by atoms with E-state index >= 15 is 0 Å². The van der Waals surface area contributed by atoms with Gasteiger partial charge in [0.15, 0.2) is 0 Å². The van der Waals surface area contributed by atoms with Crippen molar-refractivity contribution >= 4 is 27.7 Å². The second-order valence-electron chi connectivity index (χ2n) is 4.30. The summed E-state index contributed by atoms with van der Waals surface area (Å²) in [5.74, 6) is 1.20. The number of hydrogen-bond acceptors (Lipinski definition) is 2. The van der Waals surface area contributed by atoms with Crippen LogP contribution in [0.4, 0.5) is 0 Å². The standard InChI is InChI=1S/C14H22BrNS/c1-3-9-16-12(2)6-5-10-17-14-8-4-7-13(15)11-14/h4,7-8,11-12,16H,3,5-6,9-10H2,1-2H3. The normalized spacial score (nSPS) is 12.6. The molecule has 0 radical (unpaired) electrons. The minimum absolute atomic E-state index is 0.651. The molecular formula is C14H22BrNS. The predicted octanol–water partition coefficient (Wildman–Crippen LogP) is 4.71. The fourth-order valence-corrected chi connectivity index (χ4v) is 3.11. The number of halogens is 1. The Morgan fingerprint density at radius 1 is 1.41 bits per heavy atom. The summed E-state index contributed by atoms with van der Waals surface area (Å²) in [5, 5.41) is 3.52. The molecule has 1 unspecified atom stereocenters. The number of thioether (sulfide) groups is 1. The van der Waals surface area contributed by atoms with E-state index in [1.807, 2.05) is 11.8 Å². The summed E-state index contributed by atoms with van der Waals surface area (Å²) in [5.41, 5.74) is 0. The lowest BCUT2D eigenvalue weighted by atomic mass is 10.2. The third-order valence-electron chi connectivity index (χ3n) is 2.59. The van der Waals surface area contributed by atoms with Crippen molar-refractivity contribution in [2.45, 2.75) is 44.0 Å². The quantitative estimate of drug-likeness (QED) is 0.551. The monoisotopic (exact) mass is 315 g/mol. The highest BCUT2D eigenvalue weighted by Crippen LogP contribution is 2.22. The molecule has 0 aromatic heterocycles. The van der Waals surface area contributed by atoms with E-state index in [0.29, 0.717) is 6.04 Å². The van der Waals surface area contributed by atoms with Gasteiger partial charge < -0.3 is 5.32 Å². The summed E-state index contributed by atoms with van der Waals surface area (Å²) >= 11 is 5.44. The highest BCUT2D eigenvalue weighted by molar-refractivity contribution is 9.10. The first-order valence-corrected chi connectivity index (χ1v) is 8.12. The summed E-state index contributed by atoms with van der Waals surface area (Å²) < 4.78 is 1.17. The van der Waals surface area contributed by atoms with Gasteiger partial charge in [-0.05, 0) is 56.7 Å². The van der Waals surface area contributed by atoms with E-state index in [0.717, 1.165) is 6.54 Å². The molecule has 17 heavy (non-hydrogen) atoms. The van der Waals surface area contributed by atoms with Crippen molar-refractivity contribution in [1.29, 1.82) is 0 Å². The van der Waals surface area contributed by atoms with Crippen molar-refractivity contribution in [2.75, 3.05) is 12.3 Å². The topological polar surface area (TPSA) is 12.0 Å². The van der Waals surface area contributed by atoms with E-state index in [1.54, 1.807) is 0 Å². The number of benzene rings is 1. The summed E-state index contributed by atoms with van der Waals surface area (Å²) in [6, 6.07) is 9.18. The van der Waals surface area contributed by atoms with Crippen LogP contribution in [0, 0.1) is 0 Å². The highest BCUT2D eigenvalue weighted by Gasteiger charge is 2.00. The Morgan fingerprint density at radius 3 is 2.94 bits per heavy atom. The third-order valence-corrected chi connectivity index (χ3v) is 4.16. The van der Waals surface area contributed by atoms with Gasteiger partial charge >= 0.3 is 0 Å². The average molecular weight is 316 g/mol. The lowest BCUT2D eigenvalue weighted by Crippen LogP contribution is -2.26. The molecule has 96 valence electrons. The molecule has 0 saturated heterocycles. The average Bonchev–Trinajstić information content (AvgIpc) is 2.32. The molecule has 1 aromatic carbocycles. The predicted molar refractivity (Wildman–Crippen MR) is 81.9 cm³/mol. The van der Waals surface area contributed by atoms with Crippen LogP contribution in [0.25, 0.3) is 0 Å². The van der Waals surface area contributed by atoms with Crippen LogP contribution in [0.2, 0.25) is 0 Å². The Hall–Kier alpha value is 0.01000. The zero-order valence-corrected chi connectivity index (χ0v) is 13.1. The van der Waals surface area contributed by atoms with E-state index in [1.165, 1.54) is 34.4 Å². The maximum atomic E-state index is 3.52. The largest absolute Gasteiger partial charge is 0.314 e. The molecule has 0 aliphatic carbocycles. The zero-order valence-electron chi connectivity index (χ0n) is 10.7. The van der Waals surface area contributed by atoms with E-state index in [9.17, 15) is 0 Å². The molecule has 0 bridgehead atoms. The number of hydrogen-bond donors (Lipinski definition) is 1. The van der Waals surface area contributed by atoms with E-state index in [2.05, 4.69) is 59.4 Å². The first kappa shape index (κ1) is 15.1. The van der Waals surface area contributed by atoms with Gasteiger partial charge in [-0.25, -0.2) is 0 Å². The molecular weight excluding hydrogens is 294 g/mol. The van der Waals surface area contributed by atoms with Crippen LogP contribution in [-0.2, 0) is 0 Å². The second kappa shape index (κ2) is 9.01. The summed E-state index contributed by atoms with van der Waals surface area (Å²) in [4.78, 5) is 1.36. The van der Waals surface area contributed by atoms with Gasteiger partial charge in [-0.1, -0.05) is 28.9 Å². The number of nitrogens with one attached hydrogen (secondary N) is 1. The molecule has 1 rings (SSSR count). The molecule has 1 nitrogen and oxygen atoms in total. The summed E-state index contributed by atoms with van der Waals surface area (Å²) in [6.45, 7) is 5.63. The van der Waals surface area contributed by atoms with Crippen molar-refractivity contribution in [1.82, 2.24) is 5.32 Å². The van der Waals surface area contributed by atoms with Gasteiger partial charge in [0, 0.05) is 15.4 Å². The molecule has 0 saturated carbocycles. The van der Waals surface area contributed by atoms with Gasteiger partial charge in [-0.3, -0.25) is 0 Å². The van der Waals surface area contributed by atoms with Gasteiger partial charge in [-0.2, -0.15) is 0 Å². The van der Waals surface area contributed by atoms with Crippen LogP contribution in [0.3, 0.4) is 0 Å². The maximum absolute atomic E-state index is 3.52. The van der Waals surface area contributed by atoms with Crippen molar-refractivity contribution in [3.63, 3.8) is 0 Å².